The Balaban J connectivity index is 1.25. The largest absolute Gasteiger partial charge is 0.496 e. The minimum Gasteiger partial charge on any atom is -0.496 e. The number of fused-ring (bicyclic) bond motifs is 5. The first kappa shape index (κ1) is 22.1. The average Bonchev–Trinajstić information content (AvgIpc) is 2.87. The maximum Gasteiger partial charge on any atom is 0.250 e. The normalized spacial score (nSPS) is 22.5. The Bertz CT molecular complexity index is 1390. The zero-order valence-electron chi connectivity index (χ0n) is 20.1. The Morgan fingerprint density at radius 1 is 0.971 bits per heavy atom. The van der Waals surface area contributed by atoms with Crippen LogP contribution in [0.5, 0.6) is 5.75 Å². The van der Waals surface area contributed by atoms with Gasteiger partial charge in [-0.3, -0.25) is 14.5 Å². The van der Waals surface area contributed by atoms with Gasteiger partial charge in [0.05, 0.1) is 7.11 Å². The number of allylic oxidation sites excluding steroid dienone is 1. The van der Waals surface area contributed by atoms with Crippen LogP contribution in [0.3, 0.4) is 0 Å². The Morgan fingerprint density at radius 3 is 2.74 bits per heavy atom. The fraction of sp³-hybridized carbons (Fsp3) is 0.333. The van der Waals surface area contributed by atoms with Crippen LogP contribution in [0.4, 0.5) is 0 Å². The fourth-order valence-electron chi connectivity index (χ4n) is 6.23. The summed E-state index contributed by atoms with van der Waals surface area (Å²) in [4.78, 5) is 27.9. The van der Waals surface area contributed by atoms with Crippen molar-refractivity contribution < 1.29 is 9.53 Å². The van der Waals surface area contributed by atoms with Crippen molar-refractivity contribution in [2.45, 2.75) is 38.3 Å². The lowest BCUT2D eigenvalue weighted by molar-refractivity contribution is 0.102. The second-order valence-corrected chi connectivity index (χ2v) is 10.1. The van der Waals surface area contributed by atoms with Crippen LogP contribution < -0.4 is 10.3 Å². The highest BCUT2D eigenvalue weighted by Crippen LogP contribution is 2.36. The molecule has 0 spiro atoms. The molecule has 2 bridgehead atoms. The number of pyridine rings is 1. The topological polar surface area (TPSA) is 51.5 Å². The van der Waals surface area contributed by atoms with Crippen LogP contribution in [0, 0.1) is 5.92 Å². The maximum absolute atomic E-state index is 13.1. The van der Waals surface area contributed by atoms with E-state index in [1.54, 1.807) is 13.2 Å². The number of ketones is 1. The summed E-state index contributed by atoms with van der Waals surface area (Å²) in [6, 6.07) is 19.8. The van der Waals surface area contributed by atoms with Crippen molar-refractivity contribution in [2.24, 2.45) is 5.92 Å². The molecule has 5 heteroatoms. The molecule has 2 atom stereocenters. The second kappa shape index (κ2) is 8.97. The second-order valence-electron chi connectivity index (χ2n) is 10.1. The van der Waals surface area contributed by atoms with Crippen molar-refractivity contribution >= 4 is 11.9 Å². The highest BCUT2D eigenvalue weighted by atomic mass is 16.5. The highest BCUT2D eigenvalue weighted by Gasteiger charge is 2.34. The summed E-state index contributed by atoms with van der Waals surface area (Å²) in [5, 5.41) is 0. The van der Waals surface area contributed by atoms with Crippen LogP contribution in [0.25, 0.3) is 6.08 Å². The number of ether oxygens (including phenoxy) is 1. The number of piperidine rings is 1. The van der Waals surface area contributed by atoms with Gasteiger partial charge in [0.25, 0.3) is 5.56 Å². The third-order valence-corrected chi connectivity index (χ3v) is 7.81. The molecule has 3 heterocycles. The highest BCUT2D eigenvalue weighted by molar-refractivity contribution is 6.13. The summed E-state index contributed by atoms with van der Waals surface area (Å²) < 4.78 is 7.68. The van der Waals surface area contributed by atoms with E-state index in [1.165, 1.54) is 5.69 Å². The summed E-state index contributed by atoms with van der Waals surface area (Å²) in [5.41, 5.74) is 6.30. The van der Waals surface area contributed by atoms with E-state index in [0.29, 0.717) is 11.8 Å². The lowest BCUT2D eigenvalue weighted by Gasteiger charge is -2.43. The molecule has 1 fully saturated rings. The molecule has 3 aliphatic rings. The number of carbonyl (C=O) groups excluding carboxylic acids is 1. The number of aromatic nitrogens is 1. The van der Waals surface area contributed by atoms with Crippen molar-refractivity contribution in [3.05, 3.63) is 105 Å². The minimum absolute atomic E-state index is 0.118. The van der Waals surface area contributed by atoms with Gasteiger partial charge in [-0.25, -0.2) is 0 Å². The molecule has 5 nitrogen and oxygen atoms in total. The number of hydrogen-bond acceptors (Lipinski definition) is 4. The van der Waals surface area contributed by atoms with Gasteiger partial charge < -0.3 is 9.30 Å². The number of likely N-dealkylation sites (tertiary alicyclic amines) is 1. The van der Waals surface area contributed by atoms with Crippen LogP contribution in [0.1, 0.15) is 51.5 Å². The SMILES string of the molecule is COc1ccc(/C=C2\CCc3ccccc3C2=O)cc1CN1CC2C[C@@H](C1)c1cccc(=O)n1C2. The van der Waals surface area contributed by atoms with Crippen LogP contribution in [-0.2, 0) is 19.5 Å². The summed E-state index contributed by atoms with van der Waals surface area (Å²) in [6.07, 6.45) is 4.87. The molecule has 6 rings (SSSR count). The molecule has 2 aromatic carbocycles. The van der Waals surface area contributed by atoms with Gasteiger partial charge in [0, 0.05) is 60.6 Å². The van der Waals surface area contributed by atoms with Crippen LogP contribution in [0.15, 0.2) is 71.0 Å². The number of benzene rings is 2. The van der Waals surface area contributed by atoms with E-state index in [2.05, 4.69) is 29.2 Å². The van der Waals surface area contributed by atoms with Gasteiger partial charge in [-0.1, -0.05) is 36.4 Å². The van der Waals surface area contributed by atoms with Crippen molar-refractivity contribution in [2.75, 3.05) is 20.2 Å². The molecule has 35 heavy (non-hydrogen) atoms. The summed E-state index contributed by atoms with van der Waals surface area (Å²) in [7, 11) is 1.71. The third kappa shape index (κ3) is 4.14. The molecule has 0 saturated carbocycles. The zero-order chi connectivity index (χ0) is 23.9. The van der Waals surface area contributed by atoms with E-state index in [4.69, 9.17) is 4.74 Å². The van der Waals surface area contributed by atoms with Crippen LogP contribution >= 0.6 is 0 Å². The Kier molecular flexibility index (Phi) is 5.65. The summed E-state index contributed by atoms with van der Waals surface area (Å²) >= 11 is 0. The Labute approximate surface area is 205 Å². The zero-order valence-corrected chi connectivity index (χ0v) is 20.1. The van der Waals surface area contributed by atoms with Gasteiger partial charge in [-0.05, 0) is 60.6 Å². The van der Waals surface area contributed by atoms with Crippen molar-refractivity contribution in [3.8, 4) is 5.75 Å². The lowest BCUT2D eigenvalue weighted by atomic mass is 9.83. The predicted molar refractivity (Wildman–Crippen MR) is 137 cm³/mol. The molecule has 1 aliphatic carbocycles. The smallest absolute Gasteiger partial charge is 0.250 e. The van der Waals surface area contributed by atoms with Gasteiger partial charge in [0.1, 0.15) is 5.75 Å². The average molecular weight is 467 g/mol. The molecule has 1 unspecified atom stereocenters. The summed E-state index contributed by atoms with van der Waals surface area (Å²) in [5.74, 6) is 1.88. The fourth-order valence-corrected chi connectivity index (χ4v) is 6.23. The van der Waals surface area contributed by atoms with E-state index in [-0.39, 0.29) is 11.3 Å². The van der Waals surface area contributed by atoms with Crippen molar-refractivity contribution in [1.82, 2.24) is 9.47 Å². The molecule has 178 valence electrons. The van der Waals surface area contributed by atoms with Crippen LogP contribution in [0.2, 0.25) is 0 Å². The Hall–Kier alpha value is -3.44. The number of aryl methyl sites for hydroxylation is 1. The quantitative estimate of drug-likeness (QED) is 0.524. The molecular formula is C30H30N2O3. The Morgan fingerprint density at radius 2 is 1.86 bits per heavy atom. The molecular weight excluding hydrogens is 436 g/mol. The first-order valence-electron chi connectivity index (χ1n) is 12.5. The number of hydrogen-bond donors (Lipinski definition) is 0. The first-order valence-corrected chi connectivity index (χ1v) is 12.5. The number of rotatable bonds is 4. The van der Waals surface area contributed by atoms with Gasteiger partial charge in [-0.15, -0.1) is 0 Å². The molecule has 3 aromatic rings. The molecule has 0 radical (unpaired) electrons. The molecule has 2 aliphatic heterocycles. The standard InChI is InChI=1S/C30H30N2O3/c1-35-28-12-9-20(13-23-11-10-22-5-2-3-6-26(22)30(23)34)14-25(28)19-31-16-21-15-24(18-31)27-7-4-8-29(33)32(27)17-21/h2-9,12-14,21,24H,10-11,15-19H2,1H3/b23-13+/t21?,24-/m0/s1. The number of nitrogens with zero attached hydrogens (tertiary/aromatic N) is 2. The molecule has 1 saturated heterocycles. The van der Waals surface area contributed by atoms with Crippen LogP contribution in [-0.4, -0.2) is 35.4 Å². The van der Waals surface area contributed by atoms with E-state index < -0.39 is 0 Å². The molecule has 0 N–H and O–H groups in total. The first-order chi connectivity index (χ1) is 17.1. The van der Waals surface area contributed by atoms with Gasteiger partial charge in [0.15, 0.2) is 5.78 Å². The maximum atomic E-state index is 13.1. The molecule has 0 amide bonds. The van der Waals surface area contributed by atoms with Gasteiger partial charge in [-0.2, -0.15) is 0 Å². The van der Waals surface area contributed by atoms with Crippen molar-refractivity contribution in [1.29, 1.82) is 0 Å². The number of methoxy groups -OCH3 is 1. The van der Waals surface area contributed by atoms with Crippen molar-refractivity contribution in [3.63, 3.8) is 0 Å². The minimum atomic E-state index is 0.118. The number of Topliss-reactive ketones (excluding diaryl/α,β-unsaturated/α-hetero) is 1. The van der Waals surface area contributed by atoms with Gasteiger partial charge in [0.2, 0.25) is 0 Å². The predicted octanol–water partition coefficient (Wildman–Crippen LogP) is 4.69. The van der Waals surface area contributed by atoms with E-state index in [9.17, 15) is 9.59 Å². The van der Waals surface area contributed by atoms with Gasteiger partial charge >= 0.3 is 0 Å². The monoisotopic (exact) mass is 466 g/mol. The summed E-state index contributed by atoms with van der Waals surface area (Å²) in [6.45, 7) is 3.50. The lowest BCUT2D eigenvalue weighted by Crippen LogP contribution is -2.46. The van der Waals surface area contributed by atoms with E-state index >= 15 is 0 Å². The third-order valence-electron chi connectivity index (χ3n) is 7.81. The molecule has 1 aromatic heterocycles. The van der Waals surface area contributed by atoms with E-state index in [1.807, 2.05) is 41.0 Å². The van der Waals surface area contributed by atoms with E-state index in [0.717, 1.165) is 79.0 Å². The number of carbonyl (C=O) groups is 1.